The highest BCUT2D eigenvalue weighted by atomic mass is 32.7. The number of imidazole rings is 1. The normalized spacial score (nSPS) is 36.3. The fourth-order valence-corrected chi connectivity index (χ4v) is 9.50. The van der Waals surface area contributed by atoms with Gasteiger partial charge in [-0.3, -0.25) is 27.5 Å². The number of hydrogen-bond donors (Lipinski definition) is 4. The fraction of sp³-hybridized carbons (Fsp3) is 0.577. The molecule has 2 unspecified atom stereocenters. The molecule has 3 saturated heterocycles. The minimum Gasteiger partial charge on any atom is -0.395 e. The lowest BCUT2D eigenvalue weighted by atomic mass is 10.1. The lowest BCUT2D eigenvalue weighted by Gasteiger charge is -2.27. The highest BCUT2D eigenvalue weighted by molar-refractivity contribution is 8.44. The summed E-state index contributed by atoms with van der Waals surface area (Å²) in [6.07, 6.45) is -6.09. The Morgan fingerprint density at radius 2 is 1.80 bits per heavy atom. The van der Waals surface area contributed by atoms with Crippen molar-refractivity contribution in [2.24, 2.45) is 0 Å². The van der Waals surface area contributed by atoms with Crippen molar-refractivity contribution in [3.8, 4) is 0 Å². The van der Waals surface area contributed by atoms with Crippen LogP contribution in [-0.2, 0) is 56.9 Å². The monoisotopic (exact) mass is 778 g/mol. The second kappa shape index (κ2) is 13.2. The predicted octanol–water partition coefficient (Wildman–Crippen LogP) is 1.93. The van der Waals surface area contributed by atoms with Crippen LogP contribution in [0.2, 0.25) is 0 Å². The molecule has 3 N–H and O–H groups in total. The first-order valence-electron chi connectivity index (χ1n) is 15.5. The van der Waals surface area contributed by atoms with Gasteiger partial charge in [0.2, 0.25) is 0 Å². The largest absolute Gasteiger partial charge is 0.395 e. The Balaban J connectivity index is 1.10. The zero-order valence-electron chi connectivity index (χ0n) is 25.7. The molecule has 4 aliphatic heterocycles. The molecule has 50 heavy (non-hydrogen) atoms. The van der Waals surface area contributed by atoms with Gasteiger partial charge in [0, 0.05) is 12.7 Å². The smallest absolute Gasteiger partial charge is 0.386 e. The van der Waals surface area contributed by atoms with Gasteiger partial charge in [0.1, 0.15) is 48.5 Å². The number of halogens is 2. The molecule has 10 atom stereocenters. The van der Waals surface area contributed by atoms with E-state index in [9.17, 15) is 19.4 Å². The number of anilines is 1. The Hall–Kier alpha value is -2.46. The number of aryl methyl sites for hydroxylation is 1. The number of nitrogens with one attached hydrogen (secondary N) is 1. The Kier molecular flexibility index (Phi) is 9.13. The molecule has 24 heteroatoms. The molecule has 0 spiro atoms. The SMILES string of the molecule is O=c1c2ncn([C@@H]3O[C@@H]4COP(=O)(S)O[C@H]5[C@@H](F)[C@H](n6cc7c8c(ncnc86)NCCC7)O[C@@H]5COP(O)(=S)O[C@@H]3[C@@H]4F)c2ncn1CCO. The van der Waals surface area contributed by atoms with E-state index in [2.05, 4.69) is 37.5 Å². The van der Waals surface area contributed by atoms with Gasteiger partial charge >= 0.3 is 13.5 Å². The Morgan fingerprint density at radius 1 is 1.00 bits per heavy atom. The second-order valence-electron chi connectivity index (χ2n) is 12.0. The summed E-state index contributed by atoms with van der Waals surface area (Å²) in [4.78, 5) is 41.0. The third kappa shape index (κ3) is 6.12. The summed E-state index contributed by atoms with van der Waals surface area (Å²) in [7, 11) is 0. The van der Waals surface area contributed by atoms with Gasteiger partial charge in [-0.2, -0.15) is 0 Å². The Labute approximate surface area is 291 Å². The molecule has 3 fully saturated rings. The maximum Gasteiger partial charge on any atom is 0.386 e. The first-order valence-corrected chi connectivity index (χ1v) is 20.7. The van der Waals surface area contributed by atoms with E-state index in [4.69, 9.17) is 39.4 Å². The Bertz CT molecular complexity index is 2110. The summed E-state index contributed by atoms with van der Waals surface area (Å²) in [5.41, 5.74) is 0.564. The molecule has 0 amide bonds. The van der Waals surface area contributed by atoms with Crippen molar-refractivity contribution in [1.29, 1.82) is 0 Å². The zero-order chi connectivity index (χ0) is 34.9. The third-order valence-electron chi connectivity index (χ3n) is 8.89. The zero-order valence-corrected chi connectivity index (χ0v) is 29.2. The van der Waals surface area contributed by atoms with Crippen molar-refractivity contribution < 1.29 is 50.9 Å². The standard InChI is InChI=1S/C26H30F2N8O10P2S2/c27-16-13-7-41-47(39,49)45-19-14(44-25(17(19)28)35-6-12-2-1-3-29-21-15(12)22(35)31-9-30-21)8-42-48(40,50)46-20(16)26(43-13)36-11-32-18-23(36)33-10-34(4-5-37)24(18)38/h6,9-11,13-14,16-17,19-20,25-26,37H,1-5,7-8H2,(H,39,49)(H,40,50)(H,29,30,31)/t13-,14-,16-,17-,19-,20-,25-,26-,47?,48?/m1/s1. The van der Waals surface area contributed by atoms with Gasteiger partial charge in [-0.25, -0.2) is 33.3 Å². The van der Waals surface area contributed by atoms with Crippen LogP contribution >= 0.6 is 25.8 Å². The molecule has 4 aromatic rings. The van der Waals surface area contributed by atoms with E-state index in [1.807, 2.05) is 0 Å². The van der Waals surface area contributed by atoms with Gasteiger partial charge in [0.15, 0.2) is 36.0 Å². The third-order valence-corrected chi connectivity index (χ3v) is 12.1. The molecular formula is C26H30F2N8O10P2S2. The molecule has 270 valence electrons. The quantitative estimate of drug-likeness (QED) is 0.172. The first-order chi connectivity index (χ1) is 23.9. The summed E-state index contributed by atoms with van der Waals surface area (Å²) in [5.74, 6) is 0.600. The molecule has 0 radical (unpaired) electrons. The van der Waals surface area contributed by atoms with Crippen LogP contribution in [0.25, 0.3) is 22.2 Å². The van der Waals surface area contributed by atoms with E-state index in [0.717, 1.165) is 16.6 Å². The molecule has 8 heterocycles. The first kappa shape index (κ1) is 34.6. The van der Waals surface area contributed by atoms with Gasteiger partial charge in [-0.1, -0.05) is 12.2 Å². The summed E-state index contributed by atoms with van der Waals surface area (Å²) >= 11 is 9.30. The number of aliphatic hydroxyl groups is 1. The number of alkyl halides is 2. The van der Waals surface area contributed by atoms with E-state index >= 15 is 8.78 Å². The topological polar surface area (TPSA) is 208 Å². The van der Waals surface area contributed by atoms with Gasteiger partial charge in [-0.05, 0) is 30.2 Å². The molecule has 2 bridgehead atoms. The molecular weight excluding hydrogens is 748 g/mol. The maximum absolute atomic E-state index is 16.4. The number of nitrogens with zero attached hydrogens (tertiary/aromatic N) is 7. The number of aliphatic hydroxyl groups excluding tert-OH is 1. The summed E-state index contributed by atoms with van der Waals surface area (Å²) in [6, 6.07) is 0. The van der Waals surface area contributed by atoms with Crippen LogP contribution in [0.1, 0.15) is 24.4 Å². The summed E-state index contributed by atoms with van der Waals surface area (Å²) in [5, 5.41) is 13.2. The number of rotatable bonds is 4. The minimum absolute atomic E-state index is 0.0184. The van der Waals surface area contributed by atoms with E-state index in [1.54, 1.807) is 6.20 Å². The number of fused-ring (bicyclic) bond motifs is 4. The average molecular weight is 779 g/mol. The average Bonchev–Trinajstić information content (AvgIpc) is 3.78. The minimum atomic E-state index is -4.45. The molecule has 4 aromatic heterocycles. The van der Waals surface area contributed by atoms with Crippen LogP contribution in [0.5, 0.6) is 0 Å². The second-order valence-corrected chi connectivity index (χ2v) is 17.7. The molecule has 8 rings (SSSR count). The van der Waals surface area contributed by atoms with E-state index in [0.29, 0.717) is 29.8 Å². The van der Waals surface area contributed by atoms with Crippen molar-refractivity contribution in [1.82, 2.24) is 33.6 Å². The van der Waals surface area contributed by atoms with Crippen molar-refractivity contribution in [2.45, 2.75) is 68.6 Å². The van der Waals surface area contributed by atoms with Crippen molar-refractivity contribution in [3.05, 3.63) is 41.1 Å². The van der Waals surface area contributed by atoms with Crippen molar-refractivity contribution >= 4 is 65.6 Å². The van der Waals surface area contributed by atoms with Gasteiger partial charge < -0.3 is 33.9 Å². The number of hydrogen-bond acceptors (Lipinski definition) is 15. The molecule has 0 aromatic carbocycles. The van der Waals surface area contributed by atoms with Crippen LogP contribution < -0.4 is 10.9 Å². The van der Waals surface area contributed by atoms with Gasteiger partial charge in [0.05, 0.1) is 38.1 Å². The van der Waals surface area contributed by atoms with Crippen LogP contribution in [0.3, 0.4) is 0 Å². The van der Waals surface area contributed by atoms with E-state index in [-0.39, 0.29) is 24.3 Å². The van der Waals surface area contributed by atoms with Gasteiger partial charge in [0.25, 0.3) is 5.56 Å². The van der Waals surface area contributed by atoms with E-state index in [1.165, 1.54) is 28.1 Å². The molecule has 0 saturated carbocycles. The lowest BCUT2D eigenvalue weighted by Crippen LogP contribution is -2.34. The highest BCUT2D eigenvalue weighted by Crippen LogP contribution is 2.58. The molecule has 4 aliphatic rings. The van der Waals surface area contributed by atoms with Crippen LogP contribution in [0, 0.1) is 0 Å². The number of ether oxygens (including phenoxy) is 2. The van der Waals surface area contributed by atoms with Crippen molar-refractivity contribution in [3.63, 3.8) is 0 Å². The highest BCUT2D eigenvalue weighted by Gasteiger charge is 2.54. The van der Waals surface area contributed by atoms with Crippen molar-refractivity contribution in [2.75, 3.05) is 31.7 Å². The summed E-state index contributed by atoms with van der Waals surface area (Å²) in [6.45, 7) is -9.80. The molecule has 0 aliphatic carbocycles. The number of thiol groups is 1. The lowest BCUT2D eigenvalue weighted by molar-refractivity contribution is -0.0584. The maximum atomic E-state index is 16.4. The summed E-state index contributed by atoms with van der Waals surface area (Å²) < 4.78 is 84.0. The molecule has 18 nitrogen and oxygen atoms in total. The van der Waals surface area contributed by atoms with Crippen LogP contribution in [0.4, 0.5) is 14.6 Å². The number of aromatic nitrogens is 7. The van der Waals surface area contributed by atoms with Crippen LogP contribution in [-0.4, -0.2) is 107 Å². The van der Waals surface area contributed by atoms with E-state index < -0.39 is 81.5 Å². The fourth-order valence-electron chi connectivity index (χ4n) is 6.61. The van der Waals surface area contributed by atoms with Gasteiger partial charge in [-0.15, -0.1) is 0 Å². The van der Waals surface area contributed by atoms with Crippen LogP contribution in [0.15, 0.2) is 30.0 Å². The predicted molar refractivity (Wildman–Crippen MR) is 176 cm³/mol. The Morgan fingerprint density at radius 3 is 2.62 bits per heavy atom.